The number of nitrogens with zero attached hydrogens (tertiary/aromatic N) is 2. The quantitative estimate of drug-likeness (QED) is 0.664. The number of thiazole rings is 1. The van der Waals surface area contributed by atoms with Crippen LogP contribution in [0.2, 0.25) is 0 Å². The van der Waals surface area contributed by atoms with Crippen molar-refractivity contribution in [2.24, 2.45) is 0 Å². The van der Waals surface area contributed by atoms with E-state index in [1.165, 1.54) is 21.9 Å². The summed E-state index contributed by atoms with van der Waals surface area (Å²) < 4.78 is 25.6. The monoisotopic (exact) mass is 433 g/mol. The van der Waals surface area contributed by atoms with Gasteiger partial charge in [0.15, 0.2) is 5.13 Å². The topological polar surface area (TPSA) is 79.4 Å². The summed E-state index contributed by atoms with van der Waals surface area (Å²) in [6.07, 6.45) is 2.24. The molecule has 1 aliphatic heterocycles. The molecule has 0 radical (unpaired) electrons. The number of fused-ring (bicyclic) bond motifs is 1. The van der Waals surface area contributed by atoms with Gasteiger partial charge in [-0.2, -0.15) is 0 Å². The minimum atomic E-state index is -3.30. The van der Waals surface area contributed by atoms with Gasteiger partial charge in [-0.3, -0.25) is 9.10 Å². The standard InChI is InChI=1S/C19H19N3O3S3/c1-12-8-14-9-13(5-6-17(14)22(12)28(2,24)25)16-11-27-19(20-16)21-18(23)10-15-4-3-7-26-15/h3-7,9,11-12H,8,10H2,1-2H3,(H,20,21,23)/t12-/m0/s1. The summed E-state index contributed by atoms with van der Waals surface area (Å²) in [7, 11) is -3.30. The highest BCUT2D eigenvalue weighted by molar-refractivity contribution is 7.92. The number of nitrogens with one attached hydrogen (secondary N) is 1. The lowest BCUT2D eigenvalue weighted by atomic mass is 10.1. The van der Waals surface area contributed by atoms with E-state index in [0.717, 1.165) is 27.4 Å². The molecule has 28 heavy (non-hydrogen) atoms. The molecule has 1 aliphatic rings. The normalized spacial score (nSPS) is 16.2. The van der Waals surface area contributed by atoms with Gasteiger partial charge in [-0.1, -0.05) is 12.1 Å². The average Bonchev–Trinajstić information content (AvgIpc) is 3.32. The number of aromatic nitrogens is 1. The van der Waals surface area contributed by atoms with Crippen LogP contribution < -0.4 is 9.62 Å². The van der Waals surface area contributed by atoms with Crippen molar-refractivity contribution >= 4 is 49.4 Å². The maximum Gasteiger partial charge on any atom is 0.232 e. The molecule has 9 heteroatoms. The summed E-state index contributed by atoms with van der Waals surface area (Å²) in [5.74, 6) is -0.0880. The number of carbonyl (C=O) groups excluding carboxylic acids is 1. The zero-order valence-corrected chi connectivity index (χ0v) is 17.8. The predicted octanol–water partition coefficient (Wildman–Crippen LogP) is 3.76. The second kappa shape index (κ2) is 7.31. The third kappa shape index (κ3) is 3.82. The SMILES string of the molecule is C[C@H]1Cc2cc(-c3csc(NC(=O)Cc4cccs4)n3)ccc2N1S(C)(=O)=O. The summed E-state index contributed by atoms with van der Waals surface area (Å²) >= 11 is 2.93. The third-order valence-electron chi connectivity index (χ3n) is 4.55. The largest absolute Gasteiger partial charge is 0.302 e. The Morgan fingerprint density at radius 3 is 2.86 bits per heavy atom. The second-order valence-electron chi connectivity index (χ2n) is 6.80. The van der Waals surface area contributed by atoms with Crippen LogP contribution in [0.5, 0.6) is 0 Å². The Bertz CT molecular complexity index is 1120. The number of amides is 1. The van der Waals surface area contributed by atoms with Gasteiger partial charge in [0.25, 0.3) is 0 Å². The zero-order chi connectivity index (χ0) is 19.9. The molecular weight excluding hydrogens is 414 g/mol. The van der Waals surface area contributed by atoms with Crippen molar-refractivity contribution in [2.75, 3.05) is 15.9 Å². The van der Waals surface area contributed by atoms with E-state index in [4.69, 9.17) is 0 Å². The lowest BCUT2D eigenvalue weighted by Gasteiger charge is -2.21. The molecule has 6 nitrogen and oxygen atoms in total. The first-order chi connectivity index (χ1) is 13.3. The number of rotatable bonds is 5. The van der Waals surface area contributed by atoms with Crippen LogP contribution in [0.4, 0.5) is 10.8 Å². The Morgan fingerprint density at radius 1 is 1.32 bits per heavy atom. The summed E-state index contributed by atoms with van der Waals surface area (Å²) in [6.45, 7) is 1.91. The molecule has 0 bridgehead atoms. The fourth-order valence-electron chi connectivity index (χ4n) is 3.47. The van der Waals surface area contributed by atoms with Crippen LogP contribution in [0.3, 0.4) is 0 Å². The minimum absolute atomic E-state index is 0.0880. The summed E-state index contributed by atoms with van der Waals surface area (Å²) in [6, 6.07) is 9.47. The van der Waals surface area contributed by atoms with E-state index in [9.17, 15) is 13.2 Å². The number of sulfonamides is 1. The van der Waals surface area contributed by atoms with Crippen molar-refractivity contribution in [2.45, 2.75) is 25.8 Å². The minimum Gasteiger partial charge on any atom is -0.302 e. The molecule has 0 unspecified atom stereocenters. The van der Waals surface area contributed by atoms with Crippen molar-refractivity contribution in [1.82, 2.24) is 4.98 Å². The van der Waals surface area contributed by atoms with E-state index < -0.39 is 10.0 Å². The van der Waals surface area contributed by atoms with Gasteiger partial charge < -0.3 is 5.32 Å². The Morgan fingerprint density at radius 2 is 2.14 bits per heavy atom. The second-order valence-corrected chi connectivity index (χ2v) is 10.5. The molecule has 0 saturated carbocycles. The Hall–Kier alpha value is -2.23. The number of benzene rings is 1. The van der Waals surface area contributed by atoms with Crippen molar-refractivity contribution in [3.63, 3.8) is 0 Å². The van der Waals surface area contributed by atoms with Gasteiger partial charge in [0.05, 0.1) is 24.1 Å². The first-order valence-corrected chi connectivity index (χ1v) is 12.3. The van der Waals surface area contributed by atoms with Crippen molar-refractivity contribution < 1.29 is 13.2 Å². The van der Waals surface area contributed by atoms with Gasteiger partial charge in [-0.15, -0.1) is 22.7 Å². The van der Waals surface area contributed by atoms with Gasteiger partial charge in [0.1, 0.15) is 0 Å². The Balaban J connectivity index is 1.52. The molecule has 2 aromatic heterocycles. The van der Waals surface area contributed by atoms with Crippen molar-refractivity contribution in [3.8, 4) is 11.3 Å². The maximum absolute atomic E-state index is 12.1. The lowest BCUT2D eigenvalue weighted by Crippen LogP contribution is -2.34. The highest BCUT2D eigenvalue weighted by Crippen LogP contribution is 2.37. The van der Waals surface area contributed by atoms with Gasteiger partial charge in [0, 0.05) is 21.9 Å². The van der Waals surface area contributed by atoms with E-state index in [2.05, 4.69) is 10.3 Å². The fourth-order valence-corrected chi connectivity index (χ4v) is 6.17. The van der Waals surface area contributed by atoms with E-state index >= 15 is 0 Å². The van der Waals surface area contributed by atoms with Gasteiger partial charge >= 0.3 is 0 Å². The van der Waals surface area contributed by atoms with E-state index in [0.29, 0.717) is 18.0 Å². The van der Waals surface area contributed by atoms with E-state index in [-0.39, 0.29) is 11.9 Å². The molecule has 0 saturated heterocycles. The molecule has 0 spiro atoms. The summed E-state index contributed by atoms with van der Waals surface area (Å²) in [5, 5.41) is 7.25. The average molecular weight is 434 g/mol. The number of hydrogen-bond acceptors (Lipinski definition) is 6. The molecule has 146 valence electrons. The van der Waals surface area contributed by atoms with Crippen molar-refractivity contribution in [3.05, 3.63) is 51.5 Å². The van der Waals surface area contributed by atoms with Gasteiger partial charge in [0.2, 0.25) is 15.9 Å². The highest BCUT2D eigenvalue weighted by atomic mass is 32.2. The van der Waals surface area contributed by atoms with Crippen LogP contribution in [-0.4, -0.2) is 31.6 Å². The van der Waals surface area contributed by atoms with Crippen LogP contribution >= 0.6 is 22.7 Å². The van der Waals surface area contributed by atoms with Crippen LogP contribution in [0, 0.1) is 0 Å². The maximum atomic E-state index is 12.1. The number of hydrogen-bond donors (Lipinski definition) is 1. The van der Waals surface area contributed by atoms with Gasteiger partial charge in [-0.25, -0.2) is 13.4 Å². The molecule has 1 amide bonds. The molecule has 0 aliphatic carbocycles. The third-order valence-corrected chi connectivity index (χ3v) is 7.46. The predicted molar refractivity (Wildman–Crippen MR) is 115 cm³/mol. The smallest absolute Gasteiger partial charge is 0.232 e. The molecule has 0 fully saturated rings. The zero-order valence-electron chi connectivity index (χ0n) is 15.4. The number of thiophene rings is 1. The molecule has 1 N–H and O–H groups in total. The van der Waals surface area contributed by atoms with E-state index in [1.54, 1.807) is 11.3 Å². The van der Waals surface area contributed by atoms with E-state index in [1.807, 2.05) is 48.0 Å². The molecule has 1 atom stereocenters. The Kier molecular flexibility index (Phi) is 4.98. The van der Waals surface area contributed by atoms with Crippen LogP contribution in [0.1, 0.15) is 17.4 Å². The van der Waals surface area contributed by atoms with Crippen molar-refractivity contribution in [1.29, 1.82) is 0 Å². The summed E-state index contributed by atoms with van der Waals surface area (Å²) in [5.41, 5.74) is 3.41. The molecule has 3 heterocycles. The first-order valence-electron chi connectivity index (χ1n) is 8.72. The van der Waals surface area contributed by atoms with Gasteiger partial charge in [-0.05, 0) is 42.5 Å². The molecule has 3 aromatic rings. The van der Waals surface area contributed by atoms with Crippen LogP contribution in [0.25, 0.3) is 11.3 Å². The number of anilines is 2. The summed E-state index contributed by atoms with van der Waals surface area (Å²) in [4.78, 5) is 17.7. The Labute approximate surface area is 171 Å². The molecule has 4 rings (SSSR count). The molecule has 1 aromatic carbocycles. The number of carbonyl (C=O) groups is 1. The highest BCUT2D eigenvalue weighted by Gasteiger charge is 2.32. The molecular formula is C19H19N3O3S3. The lowest BCUT2D eigenvalue weighted by molar-refractivity contribution is -0.115. The van der Waals surface area contributed by atoms with Crippen LogP contribution in [-0.2, 0) is 27.7 Å². The van der Waals surface area contributed by atoms with Crippen LogP contribution in [0.15, 0.2) is 41.1 Å². The first kappa shape index (κ1) is 19.1. The fraction of sp³-hybridized carbons (Fsp3) is 0.263.